The Balaban J connectivity index is 3.23. The van der Waals surface area contributed by atoms with E-state index in [2.05, 4.69) is 0 Å². The van der Waals surface area contributed by atoms with E-state index in [4.69, 9.17) is 0 Å². The van der Waals surface area contributed by atoms with E-state index in [0.717, 1.165) is 0 Å². The predicted octanol–water partition coefficient (Wildman–Crippen LogP) is 5.81. The molecule has 166 valence electrons. The highest BCUT2D eigenvalue weighted by Crippen LogP contribution is 2.83. The van der Waals surface area contributed by atoms with Crippen molar-refractivity contribution in [2.24, 2.45) is 5.41 Å². The van der Waals surface area contributed by atoms with Gasteiger partial charge < -0.3 is 0 Å². The van der Waals surface area contributed by atoms with Crippen molar-refractivity contribution >= 4 is 0 Å². The van der Waals surface area contributed by atoms with E-state index in [1.54, 1.807) is 0 Å². The summed E-state index contributed by atoms with van der Waals surface area (Å²) in [6, 6.07) is 0. The SMILES string of the molecule is CC12C(F)(F)C(F)(F)C(F)(F)C(F)(F)C1(F)C(F)(F)C(F)(F)C(F)(F)C2(F)F. The molecule has 2 saturated carbocycles. The highest BCUT2D eigenvalue weighted by atomic mass is 19.4. The van der Waals surface area contributed by atoms with Crippen LogP contribution in [-0.4, -0.2) is 53.0 Å². The smallest absolute Gasteiger partial charge is 0.229 e. The summed E-state index contributed by atoms with van der Waals surface area (Å²) < 4.78 is 231. The van der Waals surface area contributed by atoms with Gasteiger partial charge in [-0.3, -0.25) is 0 Å². The third kappa shape index (κ3) is 1.47. The van der Waals surface area contributed by atoms with Crippen LogP contribution in [0.15, 0.2) is 0 Å². The van der Waals surface area contributed by atoms with Gasteiger partial charge in [-0.25, -0.2) is 4.39 Å². The third-order valence-corrected chi connectivity index (χ3v) is 5.18. The van der Waals surface area contributed by atoms with Crippen LogP contribution in [0.25, 0.3) is 0 Å². The molecule has 28 heavy (non-hydrogen) atoms. The average molecular weight is 458 g/mol. The van der Waals surface area contributed by atoms with Crippen molar-refractivity contribution in [3.05, 3.63) is 0 Å². The van der Waals surface area contributed by atoms with Gasteiger partial charge in [0, 0.05) is 0 Å². The maximum absolute atomic E-state index is 14.5. The van der Waals surface area contributed by atoms with Crippen LogP contribution >= 0.6 is 0 Å². The Morgan fingerprint density at radius 2 is 0.464 bits per heavy atom. The molecule has 0 aromatic heterocycles. The lowest BCUT2D eigenvalue weighted by Crippen LogP contribution is -2.96. The Kier molecular flexibility index (Phi) is 3.79. The summed E-state index contributed by atoms with van der Waals surface area (Å²) in [5.74, 6) is -63.5. The van der Waals surface area contributed by atoms with E-state index in [0.29, 0.717) is 0 Å². The van der Waals surface area contributed by atoms with Crippen LogP contribution in [0.5, 0.6) is 0 Å². The van der Waals surface area contributed by atoms with Gasteiger partial charge in [0.15, 0.2) is 5.41 Å². The number of fused-ring (bicyclic) bond motifs is 1. The van der Waals surface area contributed by atoms with Crippen molar-refractivity contribution in [2.75, 3.05) is 0 Å². The fraction of sp³-hybridized carbons (Fsp3) is 1.00. The second-order valence-electron chi connectivity index (χ2n) is 6.38. The van der Waals surface area contributed by atoms with E-state index < -0.39 is 65.4 Å². The van der Waals surface area contributed by atoms with Crippen molar-refractivity contribution in [1.29, 1.82) is 0 Å². The van der Waals surface area contributed by atoms with Gasteiger partial charge in [-0.15, -0.1) is 0 Å². The monoisotopic (exact) mass is 458 g/mol. The van der Waals surface area contributed by atoms with E-state index in [1.807, 2.05) is 0 Å². The van der Waals surface area contributed by atoms with E-state index in [1.165, 1.54) is 0 Å². The maximum atomic E-state index is 14.5. The van der Waals surface area contributed by atoms with Crippen LogP contribution in [-0.2, 0) is 0 Å². The van der Waals surface area contributed by atoms with Crippen LogP contribution in [0.1, 0.15) is 6.92 Å². The molecule has 2 fully saturated rings. The Morgan fingerprint density at radius 3 is 0.679 bits per heavy atom. The summed E-state index contributed by atoms with van der Waals surface area (Å²) in [6.45, 7) is -1.78. The molecule has 0 aromatic rings. The topological polar surface area (TPSA) is 0 Å². The quantitative estimate of drug-likeness (QED) is 0.402. The summed E-state index contributed by atoms with van der Waals surface area (Å²) in [5.41, 5.74) is -15.1. The first-order chi connectivity index (χ1) is 11.8. The second kappa shape index (κ2) is 4.59. The van der Waals surface area contributed by atoms with Crippen molar-refractivity contribution in [1.82, 2.24) is 0 Å². The molecule has 0 aliphatic heterocycles. The largest absolute Gasteiger partial charge is 0.381 e. The zero-order chi connectivity index (χ0) is 23.0. The first kappa shape index (κ1) is 23.1. The molecule has 0 amide bonds. The van der Waals surface area contributed by atoms with Gasteiger partial charge in [-0.05, 0) is 6.92 Å². The third-order valence-electron chi connectivity index (χ3n) is 5.18. The molecule has 17 heteroatoms. The lowest BCUT2D eigenvalue weighted by Gasteiger charge is -2.65. The molecule has 2 aliphatic rings. The number of halogens is 17. The Hall–Kier alpha value is -1.19. The van der Waals surface area contributed by atoms with E-state index in [9.17, 15) is 74.6 Å². The zero-order valence-electron chi connectivity index (χ0n) is 12.4. The van der Waals surface area contributed by atoms with E-state index in [-0.39, 0.29) is 0 Å². The summed E-state index contributed by atoms with van der Waals surface area (Å²) in [7, 11) is 0. The minimum atomic E-state index is -8.10. The Morgan fingerprint density at radius 1 is 0.286 bits per heavy atom. The number of hydrogen-bond donors (Lipinski definition) is 0. The minimum Gasteiger partial charge on any atom is -0.229 e. The molecule has 0 spiro atoms. The highest BCUT2D eigenvalue weighted by molar-refractivity contribution is 5.39. The molecule has 0 N–H and O–H groups in total. The molecule has 2 aliphatic carbocycles. The van der Waals surface area contributed by atoms with Gasteiger partial charge in [0.2, 0.25) is 0 Å². The van der Waals surface area contributed by atoms with Crippen LogP contribution < -0.4 is 0 Å². The summed E-state index contributed by atoms with van der Waals surface area (Å²) in [4.78, 5) is 0. The average Bonchev–Trinajstić information content (AvgIpc) is 2.49. The van der Waals surface area contributed by atoms with Gasteiger partial charge in [0.05, 0.1) is 0 Å². The molecular weight excluding hydrogens is 455 g/mol. The molecular formula is C11H3F17. The van der Waals surface area contributed by atoms with Gasteiger partial charge in [-0.2, -0.15) is 70.2 Å². The first-order valence-electron chi connectivity index (χ1n) is 6.46. The molecule has 0 nitrogen and oxygen atoms in total. The molecule has 0 radical (unpaired) electrons. The number of alkyl halides is 17. The van der Waals surface area contributed by atoms with Gasteiger partial charge in [0.1, 0.15) is 0 Å². The highest BCUT2D eigenvalue weighted by Gasteiger charge is 3.12. The van der Waals surface area contributed by atoms with Crippen molar-refractivity contribution in [3.8, 4) is 0 Å². The number of rotatable bonds is 0. The first-order valence-corrected chi connectivity index (χ1v) is 6.46. The molecule has 0 unspecified atom stereocenters. The summed E-state index contributed by atoms with van der Waals surface area (Å²) in [6.07, 6.45) is 0. The molecule has 2 rings (SSSR count). The fourth-order valence-corrected chi connectivity index (χ4v) is 3.30. The van der Waals surface area contributed by atoms with Gasteiger partial charge in [0.25, 0.3) is 5.67 Å². The van der Waals surface area contributed by atoms with Crippen LogP contribution in [0, 0.1) is 5.41 Å². The van der Waals surface area contributed by atoms with Crippen molar-refractivity contribution < 1.29 is 74.6 Å². The maximum Gasteiger partial charge on any atom is 0.381 e. The van der Waals surface area contributed by atoms with E-state index >= 15 is 0 Å². The molecule has 0 atom stereocenters. The summed E-state index contributed by atoms with van der Waals surface area (Å²) in [5, 5.41) is 0. The van der Waals surface area contributed by atoms with Crippen molar-refractivity contribution in [2.45, 2.75) is 60.0 Å². The predicted molar refractivity (Wildman–Crippen MR) is 51.5 cm³/mol. The van der Waals surface area contributed by atoms with Crippen LogP contribution in [0.2, 0.25) is 0 Å². The fourth-order valence-electron chi connectivity index (χ4n) is 3.30. The minimum absolute atomic E-state index is 1.78. The Bertz CT molecular complexity index is 588. The normalized spacial score (nSPS) is 43.1. The standard InChI is InChI=1S/C11H3F17/c1-2-3(12,6(17,18)10(25,26)8(21,22)4(2,13)14)7(19,20)11(27,28)9(23,24)5(2,15)16/h1H3. The van der Waals surface area contributed by atoms with Crippen LogP contribution in [0.4, 0.5) is 74.6 Å². The zero-order valence-corrected chi connectivity index (χ0v) is 12.4. The van der Waals surface area contributed by atoms with Gasteiger partial charge in [-0.1, -0.05) is 0 Å². The molecule has 0 bridgehead atoms. The number of hydrogen-bond acceptors (Lipinski definition) is 0. The van der Waals surface area contributed by atoms with Gasteiger partial charge >= 0.3 is 47.4 Å². The lowest BCUT2D eigenvalue weighted by molar-refractivity contribution is -0.562. The molecule has 0 saturated heterocycles. The Labute approximate surface area is 141 Å². The van der Waals surface area contributed by atoms with Crippen molar-refractivity contribution in [3.63, 3.8) is 0 Å². The molecule has 0 heterocycles. The lowest BCUT2D eigenvalue weighted by atomic mass is 9.48. The van der Waals surface area contributed by atoms with Crippen LogP contribution in [0.3, 0.4) is 0 Å². The second-order valence-corrected chi connectivity index (χ2v) is 6.38. The summed E-state index contributed by atoms with van der Waals surface area (Å²) >= 11 is 0. The molecule has 0 aromatic carbocycles.